The third-order valence-electron chi connectivity index (χ3n) is 6.31. The standard InChI is InChI=1S/C29H27N3O4S2/c1-3-36-20-19-32-26-18-15-21-9-7-8-12-25(21)27(26)37-29(32)30-28(33)22-13-16-24(17-14-22)38(34,35)31(2)23-10-5-4-6-11-23/h4-18H,3,19-20H2,1-2H3. The Kier molecular flexibility index (Phi) is 7.42. The summed E-state index contributed by atoms with van der Waals surface area (Å²) in [6, 6.07) is 27.0. The van der Waals surface area contributed by atoms with Gasteiger partial charge in [0, 0.05) is 31.1 Å². The number of fused-ring (bicyclic) bond motifs is 3. The summed E-state index contributed by atoms with van der Waals surface area (Å²) in [6.07, 6.45) is 0. The first kappa shape index (κ1) is 25.8. The number of anilines is 1. The zero-order valence-corrected chi connectivity index (χ0v) is 22.7. The highest BCUT2D eigenvalue weighted by molar-refractivity contribution is 7.92. The third kappa shape index (κ3) is 5.00. The summed E-state index contributed by atoms with van der Waals surface area (Å²) >= 11 is 1.46. The first-order valence-corrected chi connectivity index (χ1v) is 14.5. The molecule has 0 unspecified atom stereocenters. The molecule has 0 N–H and O–H groups in total. The molecule has 194 valence electrons. The van der Waals surface area contributed by atoms with Crippen molar-refractivity contribution in [3.05, 3.63) is 101 Å². The van der Waals surface area contributed by atoms with Crippen LogP contribution in [-0.4, -0.2) is 39.2 Å². The van der Waals surface area contributed by atoms with E-state index in [-0.39, 0.29) is 4.90 Å². The third-order valence-corrected chi connectivity index (χ3v) is 9.24. The lowest BCUT2D eigenvalue weighted by Gasteiger charge is -2.19. The highest BCUT2D eigenvalue weighted by Gasteiger charge is 2.21. The van der Waals surface area contributed by atoms with Crippen LogP contribution >= 0.6 is 11.3 Å². The smallest absolute Gasteiger partial charge is 0.279 e. The number of hydrogen-bond donors (Lipinski definition) is 0. The minimum atomic E-state index is -3.78. The molecule has 0 saturated heterocycles. The van der Waals surface area contributed by atoms with Gasteiger partial charge in [0.25, 0.3) is 15.9 Å². The zero-order chi connectivity index (χ0) is 26.7. The van der Waals surface area contributed by atoms with Crippen molar-refractivity contribution in [2.45, 2.75) is 18.4 Å². The van der Waals surface area contributed by atoms with E-state index in [0.29, 0.717) is 35.8 Å². The number of aromatic nitrogens is 1. The minimum absolute atomic E-state index is 0.0977. The van der Waals surface area contributed by atoms with E-state index in [1.165, 1.54) is 47.0 Å². The predicted octanol–water partition coefficient (Wildman–Crippen LogP) is 5.46. The fourth-order valence-electron chi connectivity index (χ4n) is 4.26. The number of rotatable bonds is 8. The Labute approximate surface area is 225 Å². The summed E-state index contributed by atoms with van der Waals surface area (Å²) in [6.45, 7) is 3.60. The number of amides is 1. The van der Waals surface area contributed by atoms with Gasteiger partial charge in [0.15, 0.2) is 4.80 Å². The van der Waals surface area contributed by atoms with Crippen molar-refractivity contribution in [1.82, 2.24) is 4.57 Å². The molecule has 4 aromatic carbocycles. The van der Waals surface area contributed by atoms with Crippen molar-refractivity contribution < 1.29 is 17.9 Å². The molecule has 0 aliphatic carbocycles. The SMILES string of the molecule is CCOCCn1c(=NC(=O)c2ccc(S(=O)(=O)N(C)c3ccccc3)cc2)sc2c3ccccc3ccc21. The monoisotopic (exact) mass is 545 g/mol. The molecule has 5 aromatic rings. The second kappa shape index (κ2) is 10.9. The number of thiazole rings is 1. The zero-order valence-electron chi connectivity index (χ0n) is 21.1. The maximum atomic E-state index is 13.2. The summed E-state index contributed by atoms with van der Waals surface area (Å²) in [5, 5.41) is 2.22. The van der Waals surface area contributed by atoms with Crippen molar-refractivity contribution in [1.29, 1.82) is 0 Å². The van der Waals surface area contributed by atoms with E-state index < -0.39 is 15.9 Å². The van der Waals surface area contributed by atoms with Gasteiger partial charge in [0.05, 0.1) is 27.4 Å². The molecule has 0 bridgehead atoms. The van der Waals surface area contributed by atoms with Crippen molar-refractivity contribution in [2.24, 2.45) is 4.99 Å². The van der Waals surface area contributed by atoms with E-state index in [1.807, 2.05) is 35.8 Å². The van der Waals surface area contributed by atoms with E-state index in [1.54, 1.807) is 24.3 Å². The Bertz CT molecular complexity index is 1770. The first-order valence-electron chi connectivity index (χ1n) is 12.2. The molecular formula is C29H27N3O4S2. The Morgan fingerprint density at radius 2 is 1.66 bits per heavy atom. The molecule has 1 amide bonds. The van der Waals surface area contributed by atoms with Gasteiger partial charge in [-0.25, -0.2) is 8.42 Å². The molecule has 0 aliphatic heterocycles. The highest BCUT2D eigenvalue weighted by atomic mass is 32.2. The van der Waals surface area contributed by atoms with Crippen LogP contribution in [0.3, 0.4) is 0 Å². The van der Waals surface area contributed by atoms with Gasteiger partial charge < -0.3 is 9.30 Å². The summed E-state index contributed by atoms with van der Waals surface area (Å²) in [5.41, 5.74) is 1.85. The molecule has 5 rings (SSSR count). The Morgan fingerprint density at radius 3 is 2.39 bits per heavy atom. The van der Waals surface area contributed by atoms with Crippen LogP contribution in [0.15, 0.2) is 101 Å². The first-order chi connectivity index (χ1) is 18.4. The number of nitrogens with zero attached hydrogens (tertiary/aromatic N) is 3. The van der Waals surface area contributed by atoms with E-state index in [2.05, 4.69) is 23.2 Å². The molecule has 0 spiro atoms. The van der Waals surface area contributed by atoms with E-state index in [4.69, 9.17) is 4.74 Å². The molecule has 0 radical (unpaired) electrons. The molecule has 0 atom stereocenters. The topological polar surface area (TPSA) is 81.0 Å². The number of sulfonamides is 1. The van der Waals surface area contributed by atoms with Gasteiger partial charge in [-0.2, -0.15) is 4.99 Å². The molecule has 0 fully saturated rings. The Hall–Kier alpha value is -3.79. The second-order valence-corrected chi connectivity index (χ2v) is 11.6. The van der Waals surface area contributed by atoms with Crippen LogP contribution in [0.4, 0.5) is 5.69 Å². The van der Waals surface area contributed by atoms with Gasteiger partial charge in [-0.15, -0.1) is 0 Å². The number of para-hydroxylation sites is 1. The van der Waals surface area contributed by atoms with Crippen LogP contribution in [0, 0.1) is 0 Å². The molecule has 7 nitrogen and oxygen atoms in total. The number of hydrogen-bond acceptors (Lipinski definition) is 5. The van der Waals surface area contributed by atoms with Crippen LogP contribution in [-0.2, 0) is 21.3 Å². The van der Waals surface area contributed by atoms with Crippen molar-refractivity contribution >= 4 is 53.9 Å². The van der Waals surface area contributed by atoms with Gasteiger partial charge in [-0.3, -0.25) is 9.10 Å². The lowest BCUT2D eigenvalue weighted by molar-refractivity contribution is 0.0996. The van der Waals surface area contributed by atoms with Crippen LogP contribution < -0.4 is 9.11 Å². The average molecular weight is 546 g/mol. The Morgan fingerprint density at radius 1 is 0.947 bits per heavy atom. The second-order valence-electron chi connectivity index (χ2n) is 8.62. The fourth-order valence-corrected chi connectivity index (χ4v) is 6.64. The largest absolute Gasteiger partial charge is 0.380 e. The summed E-state index contributed by atoms with van der Waals surface area (Å²) in [5.74, 6) is -0.439. The quantitative estimate of drug-likeness (QED) is 0.243. The number of carbonyl (C=O) groups excluding carboxylic acids is 1. The van der Waals surface area contributed by atoms with Crippen LogP contribution in [0.25, 0.3) is 21.0 Å². The summed E-state index contributed by atoms with van der Waals surface area (Å²) in [4.78, 5) is 18.3. The number of benzene rings is 4. The van der Waals surface area contributed by atoms with Gasteiger partial charge in [-0.05, 0) is 54.8 Å². The molecule has 1 heterocycles. The van der Waals surface area contributed by atoms with Crippen LogP contribution in [0.5, 0.6) is 0 Å². The van der Waals surface area contributed by atoms with E-state index >= 15 is 0 Å². The molecule has 9 heteroatoms. The molecule has 0 saturated carbocycles. The normalized spacial score (nSPS) is 12.3. The molecule has 0 aliphatic rings. The van der Waals surface area contributed by atoms with E-state index in [9.17, 15) is 13.2 Å². The predicted molar refractivity (Wildman–Crippen MR) is 152 cm³/mol. The van der Waals surface area contributed by atoms with Crippen molar-refractivity contribution in [3.8, 4) is 0 Å². The van der Waals surface area contributed by atoms with Crippen LogP contribution in [0.1, 0.15) is 17.3 Å². The van der Waals surface area contributed by atoms with Crippen molar-refractivity contribution in [2.75, 3.05) is 24.6 Å². The van der Waals surface area contributed by atoms with Gasteiger partial charge in [-0.1, -0.05) is 59.9 Å². The minimum Gasteiger partial charge on any atom is -0.380 e. The number of ether oxygens (including phenoxy) is 1. The lowest BCUT2D eigenvalue weighted by atomic mass is 10.1. The Balaban J connectivity index is 1.50. The van der Waals surface area contributed by atoms with Gasteiger partial charge in [0.1, 0.15) is 0 Å². The molecule has 38 heavy (non-hydrogen) atoms. The fraction of sp³-hybridized carbons (Fsp3) is 0.172. The number of carbonyl (C=O) groups is 1. The summed E-state index contributed by atoms with van der Waals surface area (Å²) < 4.78 is 36.0. The summed E-state index contributed by atoms with van der Waals surface area (Å²) in [7, 11) is -2.27. The lowest BCUT2D eigenvalue weighted by Crippen LogP contribution is -2.26. The van der Waals surface area contributed by atoms with Crippen molar-refractivity contribution in [3.63, 3.8) is 0 Å². The highest BCUT2D eigenvalue weighted by Crippen LogP contribution is 2.28. The van der Waals surface area contributed by atoms with Gasteiger partial charge >= 0.3 is 0 Å². The average Bonchev–Trinajstić information content (AvgIpc) is 3.30. The molecular weight excluding hydrogens is 518 g/mol. The molecule has 1 aromatic heterocycles. The maximum absolute atomic E-state index is 13.2. The van der Waals surface area contributed by atoms with Crippen LogP contribution in [0.2, 0.25) is 0 Å². The maximum Gasteiger partial charge on any atom is 0.279 e. The van der Waals surface area contributed by atoms with Gasteiger partial charge in [0.2, 0.25) is 0 Å². The van der Waals surface area contributed by atoms with E-state index in [0.717, 1.165) is 21.0 Å².